The maximum Gasteiger partial charge on any atom is 0.227 e. The molecule has 2 aromatic heterocycles. The maximum atomic E-state index is 12.8. The Morgan fingerprint density at radius 1 is 0.906 bits per heavy atom. The Hall–Kier alpha value is -3.45. The van der Waals surface area contributed by atoms with Crippen LogP contribution in [0.5, 0.6) is 0 Å². The van der Waals surface area contributed by atoms with E-state index in [0.29, 0.717) is 23.6 Å². The van der Waals surface area contributed by atoms with Gasteiger partial charge < -0.3 is 9.80 Å². The van der Waals surface area contributed by atoms with Gasteiger partial charge in [0, 0.05) is 36.8 Å². The van der Waals surface area contributed by atoms with Gasteiger partial charge in [-0.2, -0.15) is 4.52 Å². The van der Waals surface area contributed by atoms with Crippen LogP contribution in [-0.4, -0.2) is 56.8 Å². The summed E-state index contributed by atoms with van der Waals surface area (Å²) in [5, 5.41) is 14.1. The van der Waals surface area contributed by atoms with Gasteiger partial charge in [-0.15, -0.1) is 15.3 Å². The van der Waals surface area contributed by atoms with Crippen molar-refractivity contribution in [3.05, 3.63) is 77.3 Å². The predicted octanol–water partition coefficient (Wildman–Crippen LogP) is 3.73. The lowest BCUT2D eigenvalue weighted by Crippen LogP contribution is -2.36. The molecule has 0 radical (unpaired) electrons. The van der Waals surface area contributed by atoms with Crippen LogP contribution >= 0.6 is 11.6 Å². The van der Waals surface area contributed by atoms with E-state index in [1.807, 2.05) is 71.6 Å². The van der Waals surface area contributed by atoms with E-state index >= 15 is 0 Å². The minimum Gasteiger partial charge on any atom is -0.353 e. The summed E-state index contributed by atoms with van der Waals surface area (Å²) in [6.07, 6.45) is 1.25. The lowest BCUT2D eigenvalue weighted by atomic mass is 10.1. The molecule has 1 aliphatic heterocycles. The molecule has 1 saturated heterocycles. The van der Waals surface area contributed by atoms with Crippen molar-refractivity contribution in [3.8, 4) is 11.4 Å². The highest BCUT2D eigenvalue weighted by atomic mass is 35.5. The summed E-state index contributed by atoms with van der Waals surface area (Å²) < 4.78 is 1.79. The lowest BCUT2D eigenvalue weighted by molar-refractivity contribution is -0.130. The fourth-order valence-corrected chi connectivity index (χ4v) is 4.26. The summed E-state index contributed by atoms with van der Waals surface area (Å²) in [7, 11) is 0. The van der Waals surface area contributed by atoms with Gasteiger partial charge in [0.15, 0.2) is 11.5 Å². The first-order chi connectivity index (χ1) is 15.7. The normalized spacial score (nSPS) is 14.5. The molecule has 5 rings (SSSR count). The Balaban J connectivity index is 1.31. The van der Waals surface area contributed by atoms with Crippen molar-refractivity contribution in [3.63, 3.8) is 0 Å². The second kappa shape index (κ2) is 8.96. The molecular formula is C24H23ClN6O. The van der Waals surface area contributed by atoms with Crippen LogP contribution in [0.2, 0.25) is 5.02 Å². The number of hydrogen-bond acceptors (Lipinski definition) is 5. The SMILES string of the molecule is O=C(Cc1cccc(Cl)c1)N1CCCN(c2ccc3nnc(-c4ccccc4)n3n2)CC1. The largest absolute Gasteiger partial charge is 0.353 e. The van der Waals surface area contributed by atoms with E-state index in [1.165, 1.54) is 0 Å². The summed E-state index contributed by atoms with van der Waals surface area (Å²) in [4.78, 5) is 17.0. The zero-order chi connectivity index (χ0) is 21.9. The molecule has 4 aromatic rings. The van der Waals surface area contributed by atoms with Crippen molar-refractivity contribution in [1.82, 2.24) is 24.7 Å². The molecule has 0 bridgehead atoms. The van der Waals surface area contributed by atoms with Crippen LogP contribution in [0.15, 0.2) is 66.7 Å². The van der Waals surface area contributed by atoms with Crippen LogP contribution in [0.3, 0.4) is 0 Å². The van der Waals surface area contributed by atoms with E-state index in [-0.39, 0.29) is 5.91 Å². The van der Waals surface area contributed by atoms with Crippen molar-refractivity contribution >= 4 is 29.0 Å². The second-order valence-electron chi connectivity index (χ2n) is 7.88. The van der Waals surface area contributed by atoms with E-state index in [2.05, 4.69) is 15.1 Å². The van der Waals surface area contributed by atoms with Gasteiger partial charge in [-0.3, -0.25) is 4.79 Å². The van der Waals surface area contributed by atoms with Gasteiger partial charge in [0.05, 0.1) is 6.42 Å². The highest BCUT2D eigenvalue weighted by molar-refractivity contribution is 6.30. The first-order valence-corrected chi connectivity index (χ1v) is 11.1. The van der Waals surface area contributed by atoms with Gasteiger partial charge in [-0.25, -0.2) is 0 Å². The van der Waals surface area contributed by atoms with Crippen LogP contribution < -0.4 is 4.90 Å². The molecule has 0 saturated carbocycles. The molecule has 3 heterocycles. The zero-order valence-corrected chi connectivity index (χ0v) is 18.3. The third-order valence-electron chi connectivity index (χ3n) is 5.70. The number of fused-ring (bicyclic) bond motifs is 1. The average molecular weight is 447 g/mol. The van der Waals surface area contributed by atoms with Gasteiger partial charge in [-0.05, 0) is 36.2 Å². The van der Waals surface area contributed by atoms with Crippen LogP contribution in [0.4, 0.5) is 5.82 Å². The molecule has 8 heteroatoms. The number of carbonyl (C=O) groups is 1. The topological polar surface area (TPSA) is 66.6 Å². The summed E-state index contributed by atoms with van der Waals surface area (Å²) in [6, 6.07) is 21.3. The number of halogens is 1. The van der Waals surface area contributed by atoms with Crippen LogP contribution in [-0.2, 0) is 11.2 Å². The molecule has 0 aliphatic carbocycles. The number of amides is 1. The molecule has 0 spiro atoms. The van der Waals surface area contributed by atoms with Gasteiger partial charge in [-0.1, -0.05) is 54.1 Å². The quantitative estimate of drug-likeness (QED) is 0.478. The summed E-state index contributed by atoms with van der Waals surface area (Å²) in [5.41, 5.74) is 2.62. The van der Waals surface area contributed by atoms with Crippen molar-refractivity contribution in [2.24, 2.45) is 0 Å². The Morgan fingerprint density at radius 3 is 2.62 bits per heavy atom. The van der Waals surface area contributed by atoms with E-state index in [0.717, 1.165) is 48.8 Å². The van der Waals surface area contributed by atoms with Gasteiger partial charge in [0.2, 0.25) is 5.91 Å². The second-order valence-corrected chi connectivity index (χ2v) is 8.32. The number of rotatable bonds is 4. The molecular weight excluding hydrogens is 424 g/mol. The standard InChI is InChI=1S/C24H23ClN6O/c25-20-9-4-6-18(16-20)17-23(32)30-13-5-12-29(14-15-30)22-11-10-21-26-27-24(31(21)28-22)19-7-2-1-3-8-19/h1-4,6-11,16H,5,12-15,17H2. The van der Waals surface area contributed by atoms with E-state index < -0.39 is 0 Å². The number of anilines is 1. The maximum absolute atomic E-state index is 12.8. The third kappa shape index (κ3) is 4.29. The number of hydrogen-bond donors (Lipinski definition) is 0. The minimum absolute atomic E-state index is 0.128. The minimum atomic E-state index is 0.128. The molecule has 0 unspecified atom stereocenters. The number of aromatic nitrogens is 4. The molecule has 162 valence electrons. The van der Waals surface area contributed by atoms with Crippen molar-refractivity contribution in [2.75, 3.05) is 31.1 Å². The smallest absolute Gasteiger partial charge is 0.227 e. The molecule has 2 aromatic carbocycles. The van der Waals surface area contributed by atoms with E-state index in [1.54, 1.807) is 4.52 Å². The first-order valence-electron chi connectivity index (χ1n) is 10.7. The van der Waals surface area contributed by atoms with E-state index in [4.69, 9.17) is 16.7 Å². The first kappa shape index (κ1) is 20.5. The molecule has 32 heavy (non-hydrogen) atoms. The Morgan fingerprint density at radius 2 is 1.78 bits per heavy atom. The zero-order valence-electron chi connectivity index (χ0n) is 17.6. The molecule has 0 N–H and O–H groups in total. The third-order valence-corrected chi connectivity index (χ3v) is 5.93. The van der Waals surface area contributed by atoms with Gasteiger partial charge >= 0.3 is 0 Å². The Bertz CT molecular complexity index is 1240. The fourth-order valence-electron chi connectivity index (χ4n) is 4.04. The number of benzene rings is 2. The highest BCUT2D eigenvalue weighted by Crippen LogP contribution is 2.20. The summed E-state index contributed by atoms with van der Waals surface area (Å²) in [5.74, 6) is 1.71. The van der Waals surface area contributed by atoms with Crippen LogP contribution in [0.25, 0.3) is 17.0 Å². The number of nitrogens with zero attached hydrogens (tertiary/aromatic N) is 6. The Kier molecular flexibility index (Phi) is 5.73. The van der Waals surface area contributed by atoms with Crippen LogP contribution in [0.1, 0.15) is 12.0 Å². The predicted molar refractivity (Wildman–Crippen MR) is 125 cm³/mol. The molecule has 1 aliphatic rings. The summed E-state index contributed by atoms with van der Waals surface area (Å²) in [6.45, 7) is 2.96. The van der Waals surface area contributed by atoms with Crippen molar-refractivity contribution < 1.29 is 4.79 Å². The van der Waals surface area contributed by atoms with Gasteiger partial charge in [0.25, 0.3) is 0 Å². The summed E-state index contributed by atoms with van der Waals surface area (Å²) >= 11 is 6.06. The van der Waals surface area contributed by atoms with Crippen LogP contribution in [0, 0.1) is 0 Å². The average Bonchev–Trinajstić information content (AvgIpc) is 3.07. The lowest BCUT2D eigenvalue weighted by Gasteiger charge is -2.23. The van der Waals surface area contributed by atoms with Crippen molar-refractivity contribution in [1.29, 1.82) is 0 Å². The van der Waals surface area contributed by atoms with E-state index in [9.17, 15) is 4.79 Å². The monoisotopic (exact) mass is 446 g/mol. The van der Waals surface area contributed by atoms with Crippen molar-refractivity contribution in [2.45, 2.75) is 12.8 Å². The molecule has 7 nitrogen and oxygen atoms in total. The Labute approximate surface area is 191 Å². The highest BCUT2D eigenvalue weighted by Gasteiger charge is 2.21. The molecule has 1 fully saturated rings. The molecule has 0 atom stereocenters. The number of carbonyl (C=O) groups excluding carboxylic acids is 1. The fraction of sp³-hybridized carbons (Fsp3) is 0.250. The van der Waals surface area contributed by atoms with Gasteiger partial charge in [0.1, 0.15) is 5.82 Å². The molecule has 1 amide bonds.